The third-order valence-electron chi connectivity index (χ3n) is 4.62. The summed E-state index contributed by atoms with van der Waals surface area (Å²) >= 11 is 0. The van der Waals surface area contributed by atoms with Gasteiger partial charge in [0.2, 0.25) is 0 Å². The molecule has 0 fully saturated rings. The van der Waals surface area contributed by atoms with Crippen molar-refractivity contribution in [2.75, 3.05) is 5.32 Å². The molecule has 0 saturated carbocycles. The number of carbonyl (C=O) groups is 1. The number of benzene rings is 2. The lowest BCUT2D eigenvalue weighted by atomic mass is 9.89. The first-order chi connectivity index (χ1) is 12.6. The van der Waals surface area contributed by atoms with Gasteiger partial charge in [0.05, 0.1) is 12.1 Å². The van der Waals surface area contributed by atoms with Crippen LogP contribution in [0, 0.1) is 0 Å². The van der Waals surface area contributed by atoms with Gasteiger partial charge in [-0.05, 0) is 42.7 Å². The van der Waals surface area contributed by atoms with E-state index in [1.54, 1.807) is 6.20 Å². The Balaban J connectivity index is 1.62. The van der Waals surface area contributed by atoms with Crippen molar-refractivity contribution in [1.82, 2.24) is 15.1 Å². The largest absolute Gasteiger partial charge is 0.329 e. The van der Waals surface area contributed by atoms with Gasteiger partial charge in [-0.2, -0.15) is 5.10 Å². The summed E-state index contributed by atoms with van der Waals surface area (Å²) in [5.41, 5.74) is 2.57. The minimum atomic E-state index is -0.411. The van der Waals surface area contributed by atoms with E-state index in [0.29, 0.717) is 6.54 Å². The van der Waals surface area contributed by atoms with Crippen LogP contribution in [0.2, 0.25) is 0 Å². The highest BCUT2D eigenvalue weighted by Crippen LogP contribution is 2.24. The minimum absolute atomic E-state index is 0.210. The number of nitrogens with one attached hydrogen (secondary N) is 2. The molecule has 2 N–H and O–H groups in total. The van der Waals surface area contributed by atoms with Crippen LogP contribution >= 0.6 is 0 Å². The summed E-state index contributed by atoms with van der Waals surface area (Å²) < 4.78 is 1.86. The summed E-state index contributed by atoms with van der Waals surface area (Å²) in [6.45, 7) is 4.81. The van der Waals surface area contributed by atoms with Gasteiger partial charge in [-0.1, -0.05) is 49.4 Å². The van der Waals surface area contributed by atoms with Gasteiger partial charge in [-0.15, -0.1) is 0 Å². The second-order valence-electron chi connectivity index (χ2n) is 6.53. The zero-order valence-corrected chi connectivity index (χ0v) is 15.1. The Morgan fingerprint density at radius 2 is 1.81 bits per heavy atom. The summed E-state index contributed by atoms with van der Waals surface area (Å²) in [6.07, 6.45) is 4.49. The zero-order valence-electron chi connectivity index (χ0n) is 15.1. The van der Waals surface area contributed by atoms with Crippen molar-refractivity contribution in [3.8, 4) is 0 Å². The number of aromatic nitrogens is 2. The Labute approximate surface area is 154 Å². The van der Waals surface area contributed by atoms with Crippen LogP contribution in [0.15, 0.2) is 73.1 Å². The van der Waals surface area contributed by atoms with E-state index in [2.05, 4.69) is 22.7 Å². The summed E-state index contributed by atoms with van der Waals surface area (Å²) in [4.78, 5) is 12.5. The second kappa shape index (κ2) is 7.87. The molecule has 134 valence electrons. The van der Waals surface area contributed by atoms with Crippen molar-refractivity contribution in [2.24, 2.45) is 0 Å². The van der Waals surface area contributed by atoms with Crippen LogP contribution in [0.4, 0.5) is 10.5 Å². The molecule has 1 aromatic heterocycles. The standard InChI is InChI=1S/C21H24N4O/c1-3-21(2,18-8-5-4-6-9-18)24-20(26)23-19-12-10-17(11-13-19)16-25-15-7-14-22-25/h4-15H,3,16H2,1-2H3,(H2,23,24,26). The Kier molecular flexibility index (Phi) is 5.37. The van der Waals surface area contributed by atoms with Crippen LogP contribution in [0.1, 0.15) is 31.4 Å². The first-order valence-corrected chi connectivity index (χ1v) is 8.80. The SMILES string of the molecule is CCC(C)(NC(=O)Nc1ccc(Cn2cccn2)cc1)c1ccccc1. The number of carbonyl (C=O) groups excluding carboxylic acids is 1. The predicted octanol–water partition coefficient (Wildman–Crippen LogP) is 4.38. The van der Waals surface area contributed by atoms with Gasteiger partial charge in [0.25, 0.3) is 0 Å². The van der Waals surface area contributed by atoms with Gasteiger partial charge >= 0.3 is 6.03 Å². The van der Waals surface area contributed by atoms with Gasteiger partial charge in [0.1, 0.15) is 0 Å². The maximum atomic E-state index is 12.5. The third-order valence-corrected chi connectivity index (χ3v) is 4.62. The summed E-state index contributed by atoms with van der Waals surface area (Å²) in [6, 6.07) is 19.5. The average Bonchev–Trinajstić information content (AvgIpc) is 3.17. The highest BCUT2D eigenvalue weighted by Gasteiger charge is 2.26. The number of nitrogens with zero attached hydrogens (tertiary/aromatic N) is 2. The molecule has 1 heterocycles. The number of anilines is 1. The fraction of sp³-hybridized carbons (Fsp3) is 0.238. The first-order valence-electron chi connectivity index (χ1n) is 8.80. The lowest BCUT2D eigenvalue weighted by molar-refractivity contribution is 0.238. The summed E-state index contributed by atoms with van der Waals surface area (Å²) in [7, 11) is 0. The molecule has 3 aromatic rings. The molecule has 1 unspecified atom stereocenters. The fourth-order valence-corrected chi connectivity index (χ4v) is 2.86. The molecule has 0 aliphatic carbocycles. The van der Waals surface area contributed by atoms with Crippen LogP contribution < -0.4 is 10.6 Å². The predicted molar refractivity (Wildman–Crippen MR) is 104 cm³/mol. The lowest BCUT2D eigenvalue weighted by Gasteiger charge is -2.30. The minimum Gasteiger partial charge on any atom is -0.329 e. The van der Waals surface area contributed by atoms with Crippen molar-refractivity contribution >= 4 is 11.7 Å². The molecule has 0 spiro atoms. The maximum absolute atomic E-state index is 12.5. The highest BCUT2D eigenvalue weighted by molar-refractivity contribution is 5.89. The molecule has 5 heteroatoms. The molecule has 2 amide bonds. The molecule has 3 rings (SSSR count). The van der Waals surface area contributed by atoms with Crippen molar-refractivity contribution in [3.63, 3.8) is 0 Å². The molecule has 5 nitrogen and oxygen atoms in total. The fourth-order valence-electron chi connectivity index (χ4n) is 2.86. The molecule has 0 aliphatic rings. The third kappa shape index (κ3) is 4.30. The van der Waals surface area contributed by atoms with Crippen LogP contribution in [-0.4, -0.2) is 15.8 Å². The Morgan fingerprint density at radius 3 is 2.42 bits per heavy atom. The van der Waals surface area contributed by atoms with E-state index in [-0.39, 0.29) is 6.03 Å². The molecular formula is C21H24N4O. The van der Waals surface area contributed by atoms with Crippen molar-refractivity contribution in [3.05, 3.63) is 84.2 Å². The van der Waals surface area contributed by atoms with E-state index in [1.165, 1.54) is 0 Å². The van der Waals surface area contributed by atoms with E-state index in [9.17, 15) is 4.79 Å². The van der Waals surface area contributed by atoms with Gasteiger partial charge in [0, 0.05) is 18.1 Å². The molecule has 0 bridgehead atoms. The van der Waals surface area contributed by atoms with Crippen LogP contribution in [0.5, 0.6) is 0 Å². The molecule has 0 radical (unpaired) electrons. The van der Waals surface area contributed by atoms with Crippen molar-refractivity contribution < 1.29 is 4.79 Å². The van der Waals surface area contributed by atoms with Crippen LogP contribution in [0.25, 0.3) is 0 Å². The number of urea groups is 1. The number of hydrogen-bond acceptors (Lipinski definition) is 2. The van der Waals surface area contributed by atoms with Crippen molar-refractivity contribution in [1.29, 1.82) is 0 Å². The van der Waals surface area contributed by atoms with E-state index in [1.807, 2.05) is 78.5 Å². The number of amides is 2. The van der Waals surface area contributed by atoms with Gasteiger partial charge in [0.15, 0.2) is 0 Å². The molecular weight excluding hydrogens is 324 g/mol. The molecule has 2 aromatic carbocycles. The van der Waals surface area contributed by atoms with E-state index >= 15 is 0 Å². The van der Waals surface area contributed by atoms with Gasteiger partial charge < -0.3 is 10.6 Å². The smallest absolute Gasteiger partial charge is 0.319 e. The Hall–Kier alpha value is -3.08. The Bertz CT molecular complexity index is 828. The van der Waals surface area contributed by atoms with Crippen molar-refractivity contribution in [2.45, 2.75) is 32.4 Å². The molecule has 26 heavy (non-hydrogen) atoms. The summed E-state index contributed by atoms with van der Waals surface area (Å²) in [5.74, 6) is 0. The zero-order chi connectivity index (χ0) is 18.4. The quantitative estimate of drug-likeness (QED) is 0.694. The van der Waals surface area contributed by atoms with Crippen LogP contribution in [-0.2, 0) is 12.1 Å². The number of hydrogen-bond donors (Lipinski definition) is 2. The topological polar surface area (TPSA) is 59.0 Å². The molecule has 0 aliphatic heterocycles. The van der Waals surface area contributed by atoms with E-state index < -0.39 is 5.54 Å². The normalized spacial score (nSPS) is 13.0. The first kappa shape index (κ1) is 17.7. The second-order valence-corrected chi connectivity index (χ2v) is 6.53. The highest BCUT2D eigenvalue weighted by atomic mass is 16.2. The Morgan fingerprint density at radius 1 is 1.08 bits per heavy atom. The average molecular weight is 348 g/mol. The molecule has 1 atom stereocenters. The van der Waals surface area contributed by atoms with Crippen LogP contribution in [0.3, 0.4) is 0 Å². The monoisotopic (exact) mass is 348 g/mol. The maximum Gasteiger partial charge on any atom is 0.319 e. The van der Waals surface area contributed by atoms with E-state index in [0.717, 1.165) is 23.2 Å². The molecule has 0 saturated heterocycles. The number of rotatable bonds is 6. The lowest BCUT2D eigenvalue weighted by Crippen LogP contribution is -2.45. The van der Waals surface area contributed by atoms with E-state index in [4.69, 9.17) is 0 Å². The van der Waals surface area contributed by atoms with Gasteiger partial charge in [-0.25, -0.2) is 4.79 Å². The van der Waals surface area contributed by atoms with Gasteiger partial charge in [-0.3, -0.25) is 4.68 Å². The summed E-state index contributed by atoms with van der Waals surface area (Å²) in [5, 5.41) is 10.2.